The maximum atomic E-state index is 11.4. The van der Waals surface area contributed by atoms with E-state index in [1.165, 1.54) is 11.1 Å². The molecule has 0 amide bonds. The summed E-state index contributed by atoms with van der Waals surface area (Å²) in [4.78, 5) is 22.5. The molecule has 0 radical (unpaired) electrons. The molecule has 0 N–H and O–H groups in total. The lowest BCUT2D eigenvalue weighted by Gasteiger charge is -2.34. The highest BCUT2D eigenvalue weighted by Crippen LogP contribution is 2.36. The van der Waals surface area contributed by atoms with Gasteiger partial charge in [0.05, 0.1) is 9.93 Å². The van der Waals surface area contributed by atoms with Crippen LogP contribution in [0.15, 0.2) is 29.6 Å². The van der Waals surface area contributed by atoms with Crippen molar-refractivity contribution in [2.45, 2.75) is 32.6 Å². The molecule has 1 saturated heterocycles. The maximum absolute atomic E-state index is 11.4. The average Bonchev–Trinajstić information content (AvgIpc) is 3.07. The van der Waals surface area contributed by atoms with Gasteiger partial charge in [-0.25, -0.2) is 9.97 Å². The number of hydrogen-bond acceptors (Lipinski definition) is 6. The second-order valence-electron chi connectivity index (χ2n) is 6.83. The molecule has 1 fully saturated rings. The molecule has 1 aliphatic rings. The first-order chi connectivity index (χ1) is 12.5. The normalized spacial score (nSPS) is 17.6. The molecule has 0 aliphatic carbocycles. The fraction of sp³-hybridized carbons (Fsp3) is 0.368. The number of pyridine rings is 1. The molecular weight excluding hydrogens is 348 g/mol. The van der Waals surface area contributed by atoms with E-state index in [4.69, 9.17) is 0 Å². The van der Waals surface area contributed by atoms with Crippen LogP contribution in [-0.2, 0) is 0 Å². The Bertz CT molecular complexity index is 985. The van der Waals surface area contributed by atoms with Crippen LogP contribution in [0, 0.1) is 24.0 Å². The molecule has 0 bridgehead atoms. The molecule has 6 nitrogen and oxygen atoms in total. The van der Waals surface area contributed by atoms with Crippen LogP contribution in [-0.4, -0.2) is 28.0 Å². The second kappa shape index (κ2) is 6.64. The number of para-hydroxylation sites is 1. The van der Waals surface area contributed by atoms with E-state index in [1.807, 2.05) is 26.0 Å². The summed E-state index contributed by atoms with van der Waals surface area (Å²) in [6.07, 6.45) is 2.21. The Balaban J connectivity index is 1.76. The number of aryl methyl sites for hydroxylation is 2. The minimum Gasteiger partial charge on any atom is -0.370 e. The van der Waals surface area contributed by atoms with Gasteiger partial charge in [-0.15, -0.1) is 11.3 Å². The van der Waals surface area contributed by atoms with E-state index in [9.17, 15) is 10.1 Å². The van der Waals surface area contributed by atoms with Crippen LogP contribution >= 0.6 is 11.3 Å². The zero-order valence-corrected chi connectivity index (χ0v) is 15.6. The molecule has 1 aliphatic heterocycles. The minimum atomic E-state index is -0.351. The summed E-state index contributed by atoms with van der Waals surface area (Å²) in [6.45, 7) is 5.75. The first kappa shape index (κ1) is 16.9. The summed E-state index contributed by atoms with van der Waals surface area (Å²) in [5, 5.41) is 15.5. The Morgan fingerprint density at radius 1 is 1.27 bits per heavy atom. The Kier molecular flexibility index (Phi) is 4.32. The quantitative estimate of drug-likeness (QED) is 0.499. The van der Waals surface area contributed by atoms with Gasteiger partial charge in [-0.1, -0.05) is 12.1 Å². The summed E-state index contributed by atoms with van der Waals surface area (Å²) >= 11 is 1.73. The van der Waals surface area contributed by atoms with Gasteiger partial charge >= 0.3 is 0 Å². The van der Waals surface area contributed by atoms with Crippen molar-refractivity contribution in [1.82, 2.24) is 9.97 Å². The van der Waals surface area contributed by atoms with Gasteiger partial charge in [-0.3, -0.25) is 10.1 Å². The van der Waals surface area contributed by atoms with E-state index in [0.29, 0.717) is 11.4 Å². The standard InChI is InChI=1S/C19H20N4O2S/c1-12-9-17(15-6-3-7-16(23(24)25)18(15)20-12)22-8-4-5-14(10-22)19-21-13(2)11-26-19/h3,6-7,9,11,14H,4-5,8,10H2,1-2H3. The Hall–Kier alpha value is -2.54. The highest BCUT2D eigenvalue weighted by atomic mass is 32.1. The molecule has 1 aromatic carbocycles. The molecule has 1 unspecified atom stereocenters. The van der Waals surface area contributed by atoms with Crippen molar-refractivity contribution in [1.29, 1.82) is 0 Å². The second-order valence-corrected chi connectivity index (χ2v) is 7.72. The smallest absolute Gasteiger partial charge is 0.295 e. The van der Waals surface area contributed by atoms with Crippen molar-refractivity contribution < 1.29 is 4.92 Å². The highest BCUT2D eigenvalue weighted by molar-refractivity contribution is 7.09. The fourth-order valence-corrected chi connectivity index (χ4v) is 4.63. The van der Waals surface area contributed by atoms with Crippen LogP contribution in [0.3, 0.4) is 0 Å². The van der Waals surface area contributed by atoms with Crippen LogP contribution in [0.5, 0.6) is 0 Å². The zero-order valence-electron chi connectivity index (χ0n) is 14.8. The molecule has 0 saturated carbocycles. The topological polar surface area (TPSA) is 72.2 Å². The van der Waals surface area contributed by atoms with Gasteiger partial charge in [0.25, 0.3) is 5.69 Å². The summed E-state index contributed by atoms with van der Waals surface area (Å²) in [5.41, 5.74) is 3.45. The summed E-state index contributed by atoms with van der Waals surface area (Å²) in [7, 11) is 0. The molecule has 0 spiro atoms. The largest absolute Gasteiger partial charge is 0.370 e. The van der Waals surface area contributed by atoms with Crippen molar-refractivity contribution in [2.75, 3.05) is 18.0 Å². The number of hydrogen-bond donors (Lipinski definition) is 0. The molecule has 4 rings (SSSR count). The third kappa shape index (κ3) is 3.03. The van der Waals surface area contributed by atoms with Crippen LogP contribution in [0.25, 0.3) is 10.9 Å². The lowest BCUT2D eigenvalue weighted by molar-refractivity contribution is -0.383. The van der Waals surface area contributed by atoms with E-state index < -0.39 is 0 Å². The van der Waals surface area contributed by atoms with Gasteiger partial charge in [0.1, 0.15) is 0 Å². The third-order valence-electron chi connectivity index (χ3n) is 4.87. The molecule has 2 aromatic heterocycles. The van der Waals surface area contributed by atoms with Gasteiger partial charge < -0.3 is 4.90 Å². The Morgan fingerprint density at radius 2 is 2.12 bits per heavy atom. The molecule has 134 valence electrons. The van der Waals surface area contributed by atoms with Crippen LogP contribution in [0.2, 0.25) is 0 Å². The lowest BCUT2D eigenvalue weighted by Crippen LogP contribution is -2.34. The maximum Gasteiger partial charge on any atom is 0.295 e. The number of nitro benzene ring substituents is 1. The molecule has 3 aromatic rings. The van der Waals surface area contributed by atoms with Crippen LogP contribution in [0.1, 0.15) is 35.2 Å². The Labute approximate surface area is 155 Å². The van der Waals surface area contributed by atoms with Gasteiger partial charge in [-0.2, -0.15) is 0 Å². The van der Waals surface area contributed by atoms with Crippen molar-refractivity contribution in [3.8, 4) is 0 Å². The van der Waals surface area contributed by atoms with Gasteiger partial charge in [0.2, 0.25) is 0 Å². The first-order valence-electron chi connectivity index (χ1n) is 8.74. The lowest BCUT2D eigenvalue weighted by atomic mass is 9.97. The number of aromatic nitrogens is 2. The SMILES string of the molecule is Cc1csc(C2CCCN(c3cc(C)nc4c([N+](=O)[O-])cccc34)C2)n1. The molecule has 3 heterocycles. The van der Waals surface area contributed by atoms with Crippen molar-refractivity contribution in [2.24, 2.45) is 0 Å². The number of nitro groups is 1. The zero-order chi connectivity index (χ0) is 18.3. The van der Waals surface area contributed by atoms with Crippen molar-refractivity contribution in [3.05, 3.63) is 56.2 Å². The first-order valence-corrected chi connectivity index (χ1v) is 9.62. The Morgan fingerprint density at radius 3 is 2.85 bits per heavy atom. The van der Waals surface area contributed by atoms with E-state index >= 15 is 0 Å². The van der Waals surface area contributed by atoms with Gasteiger partial charge in [0.15, 0.2) is 5.52 Å². The fourth-order valence-electron chi connectivity index (χ4n) is 3.71. The number of nitrogens with zero attached hydrogens (tertiary/aromatic N) is 4. The summed E-state index contributed by atoms with van der Waals surface area (Å²) < 4.78 is 0. The van der Waals surface area contributed by atoms with Gasteiger partial charge in [0, 0.05) is 52.9 Å². The number of thiazole rings is 1. The van der Waals surface area contributed by atoms with Crippen molar-refractivity contribution >= 4 is 33.6 Å². The molecule has 7 heteroatoms. The molecular formula is C19H20N4O2S. The number of non-ortho nitro benzene ring substituents is 1. The number of anilines is 1. The van der Waals surface area contributed by atoms with E-state index in [-0.39, 0.29) is 10.6 Å². The monoisotopic (exact) mass is 368 g/mol. The van der Waals surface area contributed by atoms with E-state index in [2.05, 4.69) is 20.2 Å². The van der Waals surface area contributed by atoms with E-state index in [0.717, 1.165) is 48.4 Å². The van der Waals surface area contributed by atoms with E-state index in [1.54, 1.807) is 17.4 Å². The number of fused-ring (bicyclic) bond motifs is 1. The van der Waals surface area contributed by atoms with Crippen LogP contribution in [0.4, 0.5) is 11.4 Å². The number of benzene rings is 1. The number of rotatable bonds is 3. The third-order valence-corrected chi connectivity index (χ3v) is 5.99. The summed E-state index contributed by atoms with van der Waals surface area (Å²) in [5.74, 6) is 0.407. The number of piperidine rings is 1. The average molecular weight is 368 g/mol. The predicted octanol–water partition coefficient (Wildman–Crippen LogP) is 4.60. The summed E-state index contributed by atoms with van der Waals surface area (Å²) in [6, 6.07) is 7.24. The van der Waals surface area contributed by atoms with Crippen molar-refractivity contribution in [3.63, 3.8) is 0 Å². The predicted molar refractivity (Wildman–Crippen MR) is 104 cm³/mol. The highest BCUT2D eigenvalue weighted by Gasteiger charge is 2.26. The molecule has 26 heavy (non-hydrogen) atoms. The van der Waals surface area contributed by atoms with Crippen LogP contribution < -0.4 is 4.90 Å². The molecule has 1 atom stereocenters. The minimum absolute atomic E-state index is 0.0663. The van der Waals surface area contributed by atoms with Gasteiger partial charge in [-0.05, 0) is 32.8 Å².